The zero-order valence-corrected chi connectivity index (χ0v) is 37.5. The highest BCUT2D eigenvalue weighted by molar-refractivity contribution is 5.78. The first-order chi connectivity index (χ1) is 32.9. The first-order valence-electron chi connectivity index (χ1n) is 22.3. The molecule has 20 nitrogen and oxygen atoms in total. The lowest BCUT2D eigenvalue weighted by atomic mass is 10.1. The van der Waals surface area contributed by atoms with E-state index < -0.39 is 72.0 Å². The van der Waals surface area contributed by atoms with Crippen LogP contribution in [0.1, 0.15) is 50.2 Å². The molecule has 0 saturated carbocycles. The lowest BCUT2D eigenvalue weighted by Crippen LogP contribution is -2.39. The van der Waals surface area contributed by atoms with E-state index in [0.717, 1.165) is 21.9 Å². The Kier molecular flexibility index (Phi) is 11.9. The summed E-state index contributed by atoms with van der Waals surface area (Å²) >= 11 is 0. The van der Waals surface area contributed by atoms with Crippen molar-refractivity contribution in [1.82, 2.24) is 30.0 Å². The minimum atomic E-state index is -0.847. The lowest BCUT2D eigenvalue weighted by Gasteiger charge is -2.26. The maximum absolute atomic E-state index is 12.7. The summed E-state index contributed by atoms with van der Waals surface area (Å²) in [6.07, 6.45) is -1.00. The Bertz CT molecular complexity index is 2840. The maximum atomic E-state index is 12.7. The largest absolute Gasteiger partial charge is 0.421 e. The van der Waals surface area contributed by atoms with Crippen molar-refractivity contribution in [3.63, 3.8) is 0 Å². The summed E-state index contributed by atoms with van der Waals surface area (Å²) in [5, 5.41) is 18.2. The van der Waals surface area contributed by atoms with Crippen molar-refractivity contribution >= 4 is 21.9 Å². The van der Waals surface area contributed by atoms with Gasteiger partial charge in [-0.05, 0) is 63.1 Å². The maximum Gasteiger partial charge on any atom is 0.362 e. The van der Waals surface area contributed by atoms with E-state index in [2.05, 4.69) is 20.6 Å². The highest BCUT2D eigenvalue weighted by atomic mass is 16.9. The molecule has 8 heterocycles. The standard InChI is InChI=1S/C48H48N6O14/c1-47(2)65-41-39(37(63-45(41)67-47)25-57-23-31-19-53(51-49-31)33-17-29-9-5-7-11-35(29)61-43(33)55)59-21-27-13-15-28(16-14-27)22-60-40-38(64-46-42(40)66-48(3,4)68-46)26-58-24-32-20-54(52-50-32)34-18-30-10-6-8-12-36(30)62-44(34)56/h5-20,37-42,45-46H,21-26H2,1-4H3/t37-,38-,39+,40+,41-,42-,45-,46-/m1/s1. The number of benzene rings is 3. The smallest absolute Gasteiger partial charge is 0.362 e. The van der Waals surface area contributed by atoms with Gasteiger partial charge in [-0.3, -0.25) is 0 Å². The molecule has 4 fully saturated rings. The van der Waals surface area contributed by atoms with E-state index in [4.69, 9.17) is 56.2 Å². The van der Waals surface area contributed by atoms with Crippen molar-refractivity contribution in [1.29, 1.82) is 0 Å². The third kappa shape index (κ3) is 9.27. The minimum Gasteiger partial charge on any atom is -0.421 e. The van der Waals surface area contributed by atoms with Crippen LogP contribution < -0.4 is 11.3 Å². The molecule has 4 aliphatic rings. The lowest BCUT2D eigenvalue weighted by molar-refractivity contribution is -0.225. The van der Waals surface area contributed by atoms with Gasteiger partial charge in [-0.25, -0.2) is 19.0 Å². The summed E-state index contributed by atoms with van der Waals surface area (Å²) in [4.78, 5) is 25.4. The van der Waals surface area contributed by atoms with E-state index in [-0.39, 0.29) is 51.0 Å². The molecule has 0 amide bonds. The number of para-hydroxylation sites is 2. The van der Waals surface area contributed by atoms with Crippen LogP contribution in [-0.2, 0) is 73.8 Å². The zero-order valence-electron chi connectivity index (χ0n) is 37.5. The normalized spacial score (nSPS) is 25.9. The topological polar surface area (TPSA) is 214 Å². The van der Waals surface area contributed by atoms with Crippen LogP contribution >= 0.6 is 0 Å². The molecule has 0 bridgehead atoms. The molecule has 20 heteroatoms. The van der Waals surface area contributed by atoms with Crippen LogP contribution in [0.2, 0.25) is 0 Å². The molecule has 3 aromatic carbocycles. The number of fused-ring (bicyclic) bond motifs is 4. The molecular weight excluding hydrogens is 885 g/mol. The molecule has 4 aromatic heterocycles. The molecule has 0 unspecified atom stereocenters. The van der Waals surface area contributed by atoms with E-state index in [1.165, 1.54) is 9.36 Å². The van der Waals surface area contributed by atoms with Crippen molar-refractivity contribution in [3.8, 4) is 11.4 Å². The monoisotopic (exact) mass is 932 g/mol. The third-order valence-electron chi connectivity index (χ3n) is 12.0. The molecule has 0 aliphatic carbocycles. The predicted molar refractivity (Wildman–Crippen MR) is 235 cm³/mol. The number of ether oxygens (including phenoxy) is 10. The second-order valence-electron chi connectivity index (χ2n) is 17.9. The quantitative estimate of drug-likeness (QED) is 0.116. The molecule has 8 atom stereocenters. The third-order valence-corrected chi connectivity index (χ3v) is 12.0. The molecular formula is C48H48N6O14. The number of rotatable bonds is 16. The zero-order chi connectivity index (χ0) is 46.6. The molecule has 11 rings (SSSR count). The van der Waals surface area contributed by atoms with Gasteiger partial charge in [-0.2, -0.15) is 0 Å². The van der Waals surface area contributed by atoms with E-state index >= 15 is 0 Å². The van der Waals surface area contributed by atoms with Gasteiger partial charge in [0.05, 0.1) is 52.0 Å². The fourth-order valence-electron chi connectivity index (χ4n) is 8.83. The Hall–Kier alpha value is -6.04. The average molecular weight is 933 g/mol. The number of aromatic nitrogens is 6. The number of nitrogens with zero attached hydrogens (tertiary/aromatic N) is 6. The Morgan fingerprint density at radius 3 is 1.43 bits per heavy atom. The second-order valence-corrected chi connectivity index (χ2v) is 17.9. The van der Waals surface area contributed by atoms with Crippen molar-refractivity contribution in [2.45, 2.75) is 115 Å². The van der Waals surface area contributed by atoms with Crippen LogP contribution in [0.15, 0.2) is 116 Å². The Morgan fingerprint density at radius 1 is 0.559 bits per heavy atom. The van der Waals surface area contributed by atoms with Gasteiger partial charge in [-0.15, -0.1) is 10.2 Å². The number of hydrogen-bond donors (Lipinski definition) is 0. The molecule has 0 spiro atoms. The van der Waals surface area contributed by atoms with Gasteiger partial charge in [-0.1, -0.05) is 71.1 Å². The van der Waals surface area contributed by atoms with Crippen LogP contribution in [0.5, 0.6) is 0 Å². The molecule has 7 aromatic rings. The fraction of sp³-hybridized carbons (Fsp3) is 0.417. The van der Waals surface area contributed by atoms with Crippen LogP contribution in [0.25, 0.3) is 33.3 Å². The van der Waals surface area contributed by atoms with Gasteiger partial charge in [0.15, 0.2) is 35.5 Å². The van der Waals surface area contributed by atoms with E-state index in [9.17, 15) is 9.59 Å². The number of hydrogen-bond acceptors (Lipinski definition) is 18. The summed E-state index contributed by atoms with van der Waals surface area (Å²) in [5.74, 6) is -1.69. The first-order valence-corrected chi connectivity index (χ1v) is 22.3. The van der Waals surface area contributed by atoms with Gasteiger partial charge in [0, 0.05) is 10.8 Å². The van der Waals surface area contributed by atoms with Gasteiger partial charge in [0.1, 0.15) is 59.2 Å². The molecule has 0 radical (unpaired) electrons. The van der Waals surface area contributed by atoms with Gasteiger partial charge >= 0.3 is 11.3 Å². The van der Waals surface area contributed by atoms with Gasteiger partial charge < -0.3 is 56.2 Å². The fourth-order valence-corrected chi connectivity index (χ4v) is 8.83. The molecule has 4 aliphatic heterocycles. The summed E-state index contributed by atoms with van der Waals surface area (Å²) < 4.78 is 75.8. The van der Waals surface area contributed by atoms with E-state index in [1.807, 2.05) is 76.2 Å². The van der Waals surface area contributed by atoms with Gasteiger partial charge in [0.2, 0.25) is 0 Å². The van der Waals surface area contributed by atoms with Crippen LogP contribution in [0.4, 0.5) is 0 Å². The molecule has 4 saturated heterocycles. The Balaban J connectivity index is 0.688. The van der Waals surface area contributed by atoms with Crippen molar-refractivity contribution < 1.29 is 56.2 Å². The minimum absolute atomic E-state index is 0.107. The predicted octanol–water partition coefficient (Wildman–Crippen LogP) is 5.02. The van der Waals surface area contributed by atoms with Gasteiger partial charge in [0.25, 0.3) is 0 Å². The van der Waals surface area contributed by atoms with Crippen LogP contribution in [0, 0.1) is 0 Å². The van der Waals surface area contributed by atoms with Crippen LogP contribution in [0.3, 0.4) is 0 Å². The van der Waals surface area contributed by atoms with Crippen molar-refractivity contribution in [2.75, 3.05) is 13.2 Å². The molecule has 0 N–H and O–H groups in total. The summed E-state index contributed by atoms with van der Waals surface area (Å²) in [6.45, 7) is 8.41. The summed E-state index contributed by atoms with van der Waals surface area (Å²) in [6, 6.07) is 25.9. The molecule has 68 heavy (non-hydrogen) atoms. The average Bonchev–Trinajstić information content (AvgIpc) is 4.18. The Labute approximate surface area is 387 Å². The Morgan fingerprint density at radius 2 is 0.985 bits per heavy atom. The summed E-state index contributed by atoms with van der Waals surface area (Å²) in [7, 11) is 0. The van der Waals surface area contributed by atoms with Crippen molar-refractivity contribution in [3.05, 3.63) is 141 Å². The highest BCUT2D eigenvalue weighted by Gasteiger charge is 2.56. The molecule has 354 valence electrons. The van der Waals surface area contributed by atoms with Crippen LogP contribution in [-0.4, -0.2) is 104 Å². The van der Waals surface area contributed by atoms with Crippen molar-refractivity contribution in [2.24, 2.45) is 0 Å². The SMILES string of the molecule is CC1(C)O[C@H]2O[C@H](COCc3cn(-c4cc5ccccc5oc4=O)nn3)[C@H](OCc3ccc(CO[C@@H]4[C@H]5OC(C)(C)O[C@H]5O[C@@H]4COCc4cn(-c5cc6ccccc6oc5=O)nn4)cc3)[C@H]2O1. The second kappa shape index (κ2) is 18.1. The van der Waals surface area contributed by atoms with E-state index in [0.29, 0.717) is 22.6 Å². The highest BCUT2D eigenvalue weighted by Crippen LogP contribution is 2.41. The first kappa shape index (κ1) is 44.5. The summed E-state index contributed by atoms with van der Waals surface area (Å²) in [5.41, 5.74) is 3.27. The van der Waals surface area contributed by atoms with E-state index in [1.54, 1.807) is 48.8 Å².